The summed E-state index contributed by atoms with van der Waals surface area (Å²) in [4.78, 5) is 39.3. The maximum Gasteiger partial charge on any atom is 0.246 e. The summed E-state index contributed by atoms with van der Waals surface area (Å²) in [5, 5.41) is 11.3. The molecule has 0 unspecified atom stereocenters. The van der Waals surface area contributed by atoms with Gasteiger partial charge in [0.15, 0.2) is 11.6 Å². The van der Waals surface area contributed by atoms with Crippen LogP contribution in [0.3, 0.4) is 0 Å². The smallest absolute Gasteiger partial charge is 0.246 e. The molecule has 11 nitrogen and oxygen atoms in total. The Hall–Kier alpha value is -4.45. The molecule has 2 amide bonds. The minimum Gasteiger partial charge on any atom is -0.382 e. The number of halogens is 2. The van der Waals surface area contributed by atoms with Crippen LogP contribution in [0, 0.1) is 12.7 Å². The van der Waals surface area contributed by atoms with Gasteiger partial charge in [0.05, 0.1) is 15.9 Å². The van der Waals surface area contributed by atoms with Crippen LogP contribution in [-0.4, -0.2) is 87.6 Å². The van der Waals surface area contributed by atoms with Crippen molar-refractivity contribution in [2.45, 2.75) is 39.3 Å². The Morgan fingerprint density at radius 3 is 2.67 bits per heavy atom. The number of aryl methyl sites for hydroxylation is 1. The van der Waals surface area contributed by atoms with Crippen molar-refractivity contribution < 1.29 is 14.0 Å². The molecule has 4 N–H and O–H groups in total. The number of nitrogens with one attached hydrogen (secondary N) is 2. The van der Waals surface area contributed by atoms with E-state index in [1.165, 1.54) is 11.0 Å². The summed E-state index contributed by atoms with van der Waals surface area (Å²) in [7, 11) is 3.37. The Labute approximate surface area is 253 Å². The summed E-state index contributed by atoms with van der Waals surface area (Å²) in [5.74, 6) is 0.0259. The van der Waals surface area contributed by atoms with E-state index < -0.39 is 5.82 Å². The lowest BCUT2D eigenvalue weighted by atomic mass is 9.94. The number of piperazine rings is 1. The highest BCUT2D eigenvalue weighted by molar-refractivity contribution is 6.35. The number of fused-ring (bicyclic) bond motifs is 2. The van der Waals surface area contributed by atoms with Gasteiger partial charge < -0.3 is 25.8 Å². The molecule has 2 aromatic heterocycles. The predicted molar refractivity (Wildman–Crippen MR) is 169 cm³/mol. The highest BCUT2D eigenvalue weighted by Gasteiger charge is 2.34. The van der Waals surface area contributed by atoms with Crippen molar-refractivity contribution in [3.8, 4) is 11.1 Å². The lowest BCUT2D eigenvalue weighted by Gasteiger charge is -2.44. The topological polar surface area (TPSA) is 136 Å². The highest BCUT2D eigenvalue weighted by Crippen LogP contribution is 2.43. The van der Waals surface area contributed by atoms with E-state index in [2.05, 4.69) is 27.1 Å². The normalized spacial score (nSPS) is 17.0. The molecule has 13 heteroatoms. The molecule has 3 heterocycles. The number of carbonyl (C=O) groups is 2. The number of hydrogen-bond acceptors (Lipinski definition) is 8. The molecule has 5 rings (SSSR count). The van der Waals surface area contributed by atoms with Gasteiger partial charge in [-0.3, -0.25) is 14.7 Å². The largest absolute Gasteiger partial charge is 0.382 e. The van der Waals surface area contributed by atoms with Gasteiger partial charge in [0.1, 0.15) is 11.3 Å². The molecule has 0 radical (unpaired) electrons. The molecular weight excluding hydrogens is 573 g/mol. The van der Waals surface area contributed by atoms with Gasteiger partial charge in [-0.1, -0.05) is 24.2 Å². The second-order valence-corrected chi connectivity index (χ2v) is 11.5. The molecule has 43 heavy (non-hydrogen) atoms. The van der Waals surface area contributed by atoms with Gasteiger partial charge in [-0.2, -0.15) is 10.1 Å². The maximum atomic E-state index is 16.8. The number of H-pyrrole nitrogens is 1. The maximum absolute atomic E-state index is 16.8. The lowest BCUT2D eigenvalue weighted by molar-refractivity contribution is -0.129. The van der Waals surface area contributed by atoms with Gasteiger partial charge in [0.25, 0.3) is 0 Å². The van der Waals surface area contributed by atoms with E-state index in [0.29, 0.717) is 40.8 Å². The number of aromatic amines is 1. The SMILES string of the molecule is C=CC(=O)N1C[C@H](C)N(c2nc(NCCC(=O)N(C)C)nc3c(F)c(-c4c(C)ccc5[nH]nc(N)c45)c(Cl)cc23)C[C@H]1C. The number of nitrogens with two attached hydrogens (primary N) is 1. The standard InChI is InChI=1S/C30H35ClFN9O2/c1-7-21(42)40-13-17(4)41(14-16(40)3)29-18-12-19(31)24(23-15(2)8-9-20-25(23)28(33)38-37-20)26(32)27(18)35-30(36-29)34-11-10-22(43)39(5)6/h7-9,12,16-17H,1,10-11,13-14H2,2-6H3,(H3,33,37,38)(H,34,35,36)/t16-,17+/m1/s1. The quantitative estimate of drug-likeness (QED) is 0.264. The Bertz CT molecular complexity index is 1760. The molecule has 0 bridgehead atoms. The van der Waals surface area contributed by atoms with Crippen LogP contribution in [0.2, 0.25) is 5.02 Å². The van der Waals surface area contributed by atoms with E-state index in [9.17, 15) is 9.59 Å². The molecule has 0 spiro atoms. The van der Waals surface area contributed by atoms with Crippen molar-refractivity contribution in [1.82, 2.24) is 30.0 Å². The van der Waals surface area contributed by atoms with E-state index in [4.69, 9.17) is 22.3 Å². The van der Waals surface area contributed by atoms with E-state index in [1.807, 2.05) is 37.8 Å². The number of benzene rings is 2. The molecular formula is C30H35ClFN9O2. The van der Waals surface area contributed by atoms with Crippen LogP contribution in [-0.2, 0) is 9.59 Å². The van der Waals surface area contributed by atoms with Crippen LogP contribution < -0.4 is 16.0 Å². The fourth-order valence-electron chi connectivity index (χ4n) is 5.62. The summed E-state index contributed by atoms with van der Waals surface area (Å²) >= 11 is 6.87. The number of rotatable bonds is 7. The second kappa shape index (κ2) is 11.7. The molecule has 0 aliphatic carbocycles. The third kappa shape index (κ3) is 5.42. The molecule has 1 aliphatic rings. The number of carbonyl (C=O) groups excluding carboxylic acids is 2. The molecule has 1 aliphatic heterocycles. The summed E-state index contributed by atoms with van der Waals surface area (Å²) in [6, 6.07) is 5.04. The van der Waals surface area contributed by atoms with Crippen LogP contribution in [0.5, 0.6) is 0 Å². The van der Waals surface area contributed by atoms with Crippen molar-refractivity contribution in [1.29, 1.82) is 0 Å². The van der Waals surface area contributed by atoms with Crippen LogP contribution in [0.4, 0.5) is 22.0 Å². The zero-order chi connectivity index (χ0) is 31.2. The molecule has 1 saturated heterocycles. The number of hydrogen-bond donors (Lipinski definition) is 3. The van der Waals surface area contributed by atoms with E-state index in [-0.39, 0.29) is 64.7 Å². The summed E-state index contributed by atoms with van der Waals surface area (Å²) in [5.41, 5.74) is 8.36. The lowest BCUT2D eigenvalue weighted by Crippen LogP contribution is -2.58. The minimum atomic E-state index is -0.629. The number of aromatic nitrogens is 4. The monoisotopic (exact) mass is 607 g/mol. The van der Waals surface area contributed by atoms with Gasteiger partial charge in [-0.15, -0.1) is 0 Å². The molecule has 1 fully saturated rings. The van der Waals surface area contributed by atoms with E-state index in [0.717, 1.165) is 5.56 Å². The third-order valence-electron chi connectivity index (χ3n) is 7.92. The first kappa shape index (κ1) is 30.0. The highest BCUT2D eigenvalue weighted by atomic mass is 35.5. The number of amides is 2. The summed E-state index contributed by atoms with van der Waals surface area (Å²) in [6.45, 7) is 10.5. The minimum absolute atomic E-state index is 0.0637. The van der Waals surface area contributed by atoms with Crippen LogP contribution >= 0.6 is 11.6 Å². The summed E-state index contributed by atoms with van der Waals surface area (Å²) < 4.78 is 16.8. The zero-order valence-corrected chi connectivity index (χ0v) is 25.6. The number of nitrogen functional groups attached to an aromatic ring is 1. The number of nitrogens with zero attached hydrogens (tertiary/aromatic N) is 6. The van der Waals surface area contributed by atoms with Crippen molar-refractivity contribution in [3.05, 3.63) is 47.3 Å². The average molecular weight is 608 g/mol. The average Bonchev–Trinajstić information content (AvgIpc) is 3.35. The molecule has 2 aromatic carbocycles. The van der Waals surface area contributed by atoms with Crippen molar-refractivity contribution in [2.75, 3.05) is 49.7 Å². The van der Waals surface area contributed by atoms with Gasteiger partial charge >= 0.3 is 0 Å². The van der Waals surface area contributed by atoms with E-state index in [1.54, 1.807) is 25.1 Å². The first-order valence-electron chi connectivity index (χ1n) is 14.0. The van der Waals surface area contributed by atoms with Gasteiger partial charge in [-0.05, 0) is 44.5 Å². The van der Waals surface area contributed by atoms with Gasteiger partial charge in [-0.25, -0.2) is 9.37 Å². The molecule has 226 valence electrons. The van der Waals surface area contributed by atoms with Gasteiger partial charge in [0, 0.05) is 68.7 Å². The third-order valence-corrected chi connectivity index (χ3v) is 8.21. The van der Waals surface area contributed by atoms with Crippen molar-refractivity contribution >= 4 is 62.8 Å². The Morgan fingerprint density at radius 2 is 1.98 bits per heavy atom. The number of anilines is 3. The zero-order valence-electron chi connectivity index (χ0n) is 24.8. The Morgan fingerprint density at radius 1 is 1.23 bits per heavy atom. The van der Waals surface area contributed by atoms with Crippen LogP contribution in [0.25, 0.3) is 32.9 Å². The Kier molecular flexibility index (Phi) is 8.15. The fraction of sp³-hybridized carbons (Fsp3) is 0.367. The van der Waals surface area contributed by atoms with Crippen LogP contribution in [0.15, 0.2) is 30.9 Å². The Balaban J connectivity index is 1.69. The van der Waals surface area contributed by atoms with Crippen molar-refractivity contribution in [2.24, 2.45) is 0 Å². The molecule has 4 aromatic rings. The van der Waals surface area contributed by atoms with E-state index >= 15 is 4.39 Å². The first-order chi connectivity index (χ1) is 20.4. The first-order valence-corrected chi connectivity index (χ1v) is 14.4. The summed E-state index contributed by atoms with van der Waals surface area (Å²) in [6.07, 6.45) is 1.51. The second-order valence-electron chi connectivity index (χ2n) is 11.1. The molecule has 2 atom stereocenters. The van der Waals surface area contributed by atoms with Gasteiger partial charge in [0.2, 0.25) is 17.8 Å². The fourth-order valence-corrected chi connectivity index (χ4v) is 5.91. The molecule has 0 saturated carbocycles. The van der Waals surface area contributed by atoms with Crippen molar-refractivity contribution in [3.63, 3.8) is 0 Å². The predicted octanol–water partition coefficient (Wildman–Crippen LogP) is 4.36. The van der Waals surface area contributed by atoms with Crippen LogP contribution in [0.1, 0.15) is 25.8 Å².